The van der Waals surface area contributed by atoms with Crippen molar-refractivity contribution < 1.29 is 0 Å². The lowest BCUT2D eigenvalue weighted by atomic mass is 10.4. The first kappa shape index (κ1) is 8.27. The molecule has 2 rings (SSSR count). The van der Waals surface area contributed by atoms with Gasteiger partial charge in [0.15, 0.2) is 0 Å². The molecular formula is C10H18N2. The molecule has 2 heteroatoms. The Hall–Kier alpha value is -0.340. The number of hydrogen-bond acceptors (Lipinski definition) is 2. The van der Waals surface area contributed by atoms with Gasteiger partial charge in [-0.05, 0) is 25.7 Å². The van der Waals surface area contributed by atoms with Gasteiger partial charge in [0.2, 0.25) is 0 Å². The van der Waals surface area contributed by atoms with Crippen molar-refractivity contribution in [2.45, 2.75) is 37.8 Å². The lowest BCUT2D eigenvalue weighted by Gasteiger charge is -1.96. The number of hydrogen-bond donors (Lipinski definition) is 2. The van der Waals surface area contributed by atoms with Crippen LogP contribution in [-0.4, -0.2) is 25.2 Å². The highest BCUT2D eigenvalue weighted by molar-refractivity contribution is 4.92. The maximum Gasteiger partial charge on any atom is 0.0137 e. The fraction of sp³-hybridized carbons (Fsp3) is 0.800. The van der Waals surface area contributed by atoms with E-state index in [1.807, 2.05) is 0 Å². The first-order valence-electron chi connectivity index (χ1n) is 5.07. The molecule has 0 aromatic rings. The van der Waals surface area contributed by atoms with Crippen LogP contribution in [0.3, 0.4) is 0 Å². The van der Waals surface area contributed by atoms with Crippen LogP contribution in [-0.2, 0) is 0 Å². The topological polar surface area (TPSA) is 24.1 Å². The minimum Gasteiger partial charge on any atom is -0.311 e. The molecule has 2 N–H and O–H groups in total. The van der Waals surface area contributed by atoms with Gasteiger partial charge in [-0.3, -0.25) is 0 Å². The normalized spacial score (nSPS) is 23.7. The summed E-state index contributed by atoms with van der Waals surface area (Å²) in [6, 6.07) is 1.68. The molecule has 0 bridgehead atoms. The second-order valence-electron chi connectivity index (χ2n) is 3.84. The molecular weight excluding hydrogens is 148 g/mol. The van der Waals surface area contributed by atoms with E-state index >= 15 is 0 Å². The molecule has 12 heavy (non-hydrogen) atoms. The smallest absolute Gasteiger partial charge is 0.0137 e. The second kappa shape index (κ2) is 4.06. The zero-order valence-electron chi connectivity index (χ0n) is 7.55. The molecule has 0 heterocycles. The molecule has 0 amide bonds. The molecule has 0 unspecified atom stereocenters. The quantitative estimate of drug-likeness (QED) is 0.576. The molecule has 2 aliphatic rings. The Kier molecular flexibility index (Phi) is 2.79. The summed E-state index contributed by atoms with van der Waals surface area (Å²) < 4.78 is 0. The van der Waals surface area contributed by atoms with E-state index in [0.29, 0.717) is 0 Å². The van der Waals surface area contributed by atoms with Crippen LogP contribution in [0.2, 0.25) is 0 Å². The van der Waals surface area contributed by atoms with Crippen molar-refractivity contribution in [2.75, 3.05) is 13.1 Å². The largest absolute Gasteiger partial charge is 0.311 e. The van der Waals surface area contributed by atoms with E-state index in [1.54, 1.807) is 0 Å². The molecule has 2 nitrogen and oxygen atoms in total. The minimum atomic E-state index is 0.839. The summed E-state index contributed by atoms with van der Waals surface area (Å²) in [6.07, 6.45) is 9.99. The van der Waals surface area contributed by atoms with Crippen LogP contribution in [0.4, 0.5) is 0 Å². The van der Waals surface area contributed by atoms with Crippen molar-refractivity contribution in [2.24, 2.45) is 0 Å². The molecule has 0 aromatic heterocycles. The monoisotopic (exact) mass is 166 g/mol. The summed E-state index contributed by atoms with van der Waals surface area (Å²) in [7, 11) is 0. The average molecular weight is 166 g/mol. The maximum atomic E-state index is 3.45. The van der Waals surface area contributed by atoms with E-state index in [9.17, 15) is 0 Å². The van der Waals surface area contributed by atoms with Gasteiger partial charge >= 0.3 is 0 Å². The molecule has 2 fully saturated rings. The van der Waals surface area contributed by atoms with E-state index in [4.69, 9.17) is 0 Å². The van der Waals surface area contributed by atoms with Crippen molar-refractivity contribution in [3.63, 3.8) is 0 Å². The van der Waals surface area contributed by atoms with E-state index in [0.717, 1.165) is 25.2 Å². The summed E-state index contributed by atoms with van der Waals surface area (Å²) in [5.74, 6) is 0. The Morgan fingerprint density at radius 2 is 1.25 bits per heavy atom. The molecule has 0 aromatic carbocycles. The third-order valence-electron chi connectivity index (χ3n) is 2.37. The van der Waals surface area contributed by atoms with Crippen LogP contribution in [0.5, 0.6) is 0 Å². The van der Waals surface area contributed by atoms with Crippen LogP contribution in [0.15, 0.2) is 12.2 Å². The third kappa shape index (κ3) is 3.37. The molecule has 0 radical (unpaired) electrons. The first-order valence-corrected chi connectivity index (χ1v) is 5.07. The van der Waals surface area contributed by atoms with Crippen molar-refractivity contribution in [3.05, 3.63) is 12.2 Å². The lowest BCUT2D eigenvalue weighted by molar-refractivity contribution is 0.736. The van der Waals surface area contributed by atoms with Crippen molar-refractivity contribution in [1.82, 2.24) is 10.6 Å². The Balaban J connectivity index is 1.41. The van der Waals surface area contributed by atoms with E-state index < -0.39 is 0 Å². The van der Waals surface area contributed by atoms with E-state index in [2.05, 4.69) is 22.8 Å². The van der Waals surface area contributed by atoms with Crippen LogP contribution in [0.25, 0.3) is 0 Å². The Morgan fingerprint density at radius 1 is 0.833 bits per heavy atom. The Bertz CT molecular complexity index is 139. The molecule has 2 aliphatic carbocycles. The zero-order chi connectivity index (χ0) is 8.23. The molecule has 2 saturated carbocycles. The van der Waals surface area contributed by atoms with Crippen LogP contribution in [0.1, 0.15) is 25.7 Å². The van der Waals surface area contributed by atoms with Gasteiger partial charge in [-0.2, -0.15) is 0 Å². The Morgan fingerprint density at radius 3 is 1.58 bits per heavy atom. The van der Waals surface area contributed by atoms with Crippen molar-refractivity contribution >= 4 is 0 Å². The van der Waals surface area contributed by atoms with Gasteiger partial charge in [0.25, 0.3) is 0 Å². The molecule has 0 atom stereocenters. The SMILES string of the molecule is C(=C\CNC1CC1)/CNC1CC1. The van der Waals surface area contributed by atoms with Gasteiger partial charge in [0, 0.05) is 25.2 Å². The van der Waals surface area contributed by atoms with Gasteiger partial charge in [-0.15, -0.1) is 0 Å². The average Bonchev–Trinajstić information content (AvgIpc) is 2.89. The first-order chi connectivity index (χ1) is 5.95. The third-order valence-corrected chi connectivity index (χ3v) is 2.37. The molecule has 0 spiro atoms. The van der Waals surface area contributed by atoms with Crippen LogP contribution in [0, 0.1) is 0 Å². The van der Waals surface area contributed by atoms with Crippen molar-refractivity contribution in [1.29, 1.82) is 0 Å². The highest BCUT2D eigenvalue weighted by atomic mass is 14.9. The molecule has 68 valence electrons. The highest BCUT2D eigenvalue weighted by Gasteiger charge is 2.19. The predicted octanol–water partition coefficient (Wildman–Crippen LogP) is 1.05. The second-order valence-corrected chi connectivity index (χ2v) is 3.84. The van der Waals surface area contributed by atoms with Gasteiger partial charge in [0.1, 0.15) is 0 Å². The van der Waals surface area contributed by atoms with Gasteiger partial charge < -0.3 is 10.6 Å². The number of nitrogens with one attached hydrogen (secondary N) is 2. The lowest BCUT2D eigenvalue weighted by Crippen LogP contribution is -2.18. The predicted molar refractivity (Wildman–Crippen MR) is 51.2 cm³/mol. The maximum absolute atomic E-state index is 3.45. The minimum absolute atomic E-state index is 0.839. The summed E-state index contributed by atoms with van der Waals surface area (Å²) >= 11 is 0. The highest BCUT2D eigenvalue weighted by Crippen LogP contribution is 2.18. The fourth-order valence-corrected chi connectivity index (χ4v) is 1.21. The van der Waals surface area contributed by atoms with Gasteiger partial charge in [-0.25, -0.2) is 0 Å². The summed E-state index contributed by atoms with van der Waals surface area (Å²) in [6.45, 7) is 2.11. The summed E-state index contributed by atoms with van der Waals surface area (Å²) in [5, 5.41) is 6.89. The van der Waals surface area contributed by atoms with Crippen LogP contribution >= 0.6 is 0 Å². The van der Waals surface area contributed by atoms with E-state index in [-0.39, 0.29) is 0 Å². The van der Waals surface area contributed by atoms with E-state index in [1.165, 1.54) is 25.7 Å². The standard InChI is InChI=1S/C10H18N2/c1(7-11-9-3-4-9)2-8-12-10-5-6-10/h1-2,9-12H,3-8H2/b2-1+. The molecule has 0 aliphatic heterocycles. The summed E-state index contributed by atoms with van der Waals surface area (Å²) in [5.41, 5.74) is 0. The van der Waals surface area contributed by atoms with Gasteiger partial charge in [0.05, 0.1) is 0 Å². The summed E-state index contributed by atoms with van der Waals surface area (Å²) in [4.78, 5) is 0. The fourth-order valence-electron chi connectivity index (χ4n) is 1.21. The molecule has 0 saturated heterocycles. The van der Waals surface area contributed by atoms with Crippen LogP contribution < -0.4 is 10.6 Å². The van der Waals surface area contributed by atoms with Gasteiger partial charge in [-0.1, -0.05) is 12.2 Å². The zero-order valence-corrected chi connectivity index (χ0v) is 7.55. The van der Waals surface area contributed by atoms with Crippen molar-refractivity contribution in [3.8, 4) is 0 Å². The number of rotatable bonds is 6. The Labute approximate surface area is 74.4 Å².